The number of alkyl halides is 3. The van der Waals surface area contributed by atoms with Crippen LogP contribution >= 0.6 is 22.6 Å². The van der Waals surface area contributed by atoms with Crippen molar-refractivity contribution in [2.75, 3.05) is 0 Å². The smallest absolute Gasteiger partial charge is 0.258 e. The van der Waals surface area contributed by atoms with Crippen LogP contribution in [-0.2, 0) is 6.18 Å². The molecule has 0 fully saturated rings. The Balaban J connectivity index is 3.60. The van der Waals surface area contributed by atoms with Crippen LogP contribution in [0.5, 0.6) is 0 Å². The van der Waals surface area contributed by atoms with Crippen molar-refractivity contribution >= 4 is 28.3 Å². The number of benzene rings is 1. The second-order valence-electron chi connectivity index (χ2n) is 2.84. The van der Waals surface area contributed by atoms with Crippen molar-refractivity contribution in [3.63, 3.8) is 0 Å². The predicted octanol–water partition coefficient (Wildman–Crippen LogP) is 3.53. The third-order valence-electron chi connectivity index (χ3n) is 1.79. The van der Waals surface area contributed by atoms with Crippen molar-refractivity contribution in [2.45, 2.75) is 13.1 Å². The Morgan fingerprint density at radius 3 is 2.27 bits per heavy atom. The number of halogens is 4. The fourth-order valence-electron chi connectivity index (χ4n) is 1.18. The molecule has 1 rings (SSSR count). The Morgan fingerprint density at radius 1 is 1.40 bits per heavy atom. The second kappa shape index (κ2) is 3.95. The first kappa shape index (κ1) is 12.2. The maximum Gasteiger partial charge on any atom is 0.424 e. The maximum atomic E-state index is 12.5. The number of nitro benzene ring substituents is 1. The van der Waals surface area contributed by atoms with E-state index < -0.39 is 22.4 Å². The zero-order valence-electron chi connectivity index (χ0n) is 7.43. The van der Waals surface area contributed by atoms with Crippen molar-refractivity contribution in [2.24, 2.45) is 0 Å². The molecule has 0 amide bonds. The monoisotopic (exact) mass is 331 g/mol. The van der Waals surface area contributed by atoms with E-state index in [4.69, 9.17) is 0 Å². The van der Waals surface area contributed by atoms with Gasteiger partial charge in [-0.1, -0.05) is 6.07 Å². The third kappa shape index (κ3) is 2.39. The number of nitro groups is 1. The van der Waals surface area contributed by atoms with E-state index in [9.17, 15) is 23.3 Å². The van der Waals surface area contributed by atoms with Gasteiger partial charge in [0.1, 0.15) is 5.56 Å². The Bertz CT molecular complexity index is 417. The lowest BCUT2D eigenvalue weighted by molar-refractivity contribution is -0.388. The summed E-state index contributed by atoms with van der Waals surface area (Å²) in [5.41, 5.74) is -2.03. The van der Waals surface area contributed by atoms with E-state index in [0.717, 1.165) is 0 Å². The van der Waals surface area contributed by atoms with E-state index in [-0.39, 0.29) is 9.13 Å². The van der Waals surface area contributed by atoms with E-state index in [2.05, 4.69) is 0 Å². The molecule has 1 aromatic rings. The summed E-state index contributed by atoms with van der Waals surface area (Å²) in [6.45, 7) is 1.28. The van der Waals surface area contributed by atoms with Gasteiger partial charge in [0, 0.05) is 9.13 Å². The van der Waals surface area contributed by atoms with E-state index in [1.165, 1.54) is 41.6 Å². The van der Waals surface area contributed by atoms with Crippen LogP contribution in [0, 0.1) is 20.6 Å². The van der Waals surface area contributed by atoms with Crippen LogP contribution in [0.1, 0.15) is 11.1 Å². The van der Waals surface area contributed by atoms with Crippen molar-refractivity contribution in [1.82, 2.24) is 0 Å². The first-order valence-electron chi connectivity index (χ1n) is 3.76. The summed E-state index contributed by atoms with van der Waals surface area (Å²) in [5, 5.41) is 10.5. The normalized spacial score (nSPS) is 11.5. The minimum absolute atomic E-state index is 0.00717. The molecule has 82 valence electrons. The van der Waals surface area contributed by atoms with Gasteiger partial charge < -0.3 is 0 Å². The molecule has 0 radical (unpaired) electrons. The van der Waals surface area contributed by atoms with Crippen LogP contribution in [0.4, 0.5) is 18.9 Å². The van der Waals surface area contributed by atoms with Crippen molar-refractivity contribution < 1.29 is 18.1 Å². The summed E-state index contributed by atoms with van der Waals surface area (Å²) in [6, 6.07) is 2.51. The molecule has 0 saturated carbocycles. The lowest BCUT2D eigenvalue weighted by atomic mass is 10.1. The van der Waals surface area contributed by atoms with Gasteiger partial charge in [-0.15, -0.1) is 0 Å². The van der Waals surface area contributed by atoms with Crippen molar-refractivity contribution in [1.29, 1.82) is 0 Å². The second-order valence-corrected chi connectivity index (χ2v) is 4.00. The Morgan fingerprint density at radius 2 is 1.93 bits per heavy atom. The summed E-state index contributed by atoms with van der Waals surface area (Å²) < 4.78 is 37.5. The lowest BCUT2D eigenvalue weighted by Crippen LogP contribution is -2.12. The zero-order chi connectivity index (χ0) is 11.8. The number of nitrogens with zero attached hydrogens (tertiary/aromatic N) is 1. The van der Waals surface area contributed by atoms with Gasteiger partial charge in [-0.3, -0.25) is 10.1 Å². The van der Waals surface area contributed by atoms with Crippen molar-refractivity contribution in [3.8, 4) is 0 Å². The number of hydrogen-bond acceptors (Lipinski definition) is 2. The fourth-order valence-corrected chi connectivity index (χ4v) is 1.92. The molecule has 0 aliphatic heterocycles. The molecule has 0 aliphatic carbocycles. The maximum absolute atomic E-state index is 12.5. The van der Waals surface area contributed by atoms with Gasteiger partial charge in [0.2, 0.25) is 0 Å². The molecule has 7 heteroatoms. The molecule has 0 atom stereocenters. The van der Waals surface area contributed by atoms with Crippen LogP contribution < -0.4 is 0 Å². The molecule has 0 saturated heterocycles. The topological polar surface area (TPSA) is 43.1 Å². The number of rotatable bonds is 1. The summed E-state index contributed by atoms with van der Waals surface area (Å²) in [5.74, 6) is 0. The minimum atomic E-state index is -4.70. The molecule has 3 nitrogen and oxygen atoms in total. The highest BCUT2D eigenvalue weighted by molar-refractivity contribution is 14.1. The minimum Gasteiger partial charge on any atom is -0.258 e. The first-order chi connectivity index (χ1) is 6.75. The van der Waals surface area contributed by atoms with Crippen LogP contribution in [0.2, 0.25) is 0 Å². The van der Waals surface area contributed by atoms with Gasteiger partial charge in [0.25, 0.3) is 5.69 Å². The van der Waals surface area contributed by atoms with Gasteiger partial charge in [-0.2, -0.15) is 13.2 Å². The van der Waals surface area contributed by atoms with Crippen LogP contribution in [0.3, 0.4) is 0 Å². The highest BCUT2D eigenvalue weighted by atomic mass is 127. The Kier molecular flexibility index (Phi) is 3.22. The first-order valence-corrected chi connectivity index (χ1v) is 4.83. The molecular weight excluding hydrogens is 326 g/mol. The van der Waals surface area contributed by atoms with E-state index in [1.807, 2.05) is 0 Å². The van der Waals surface area contributed by atoms with E-state index in [0.29, 0.717) is 0 Å². The van der Waals surface area contributed by atoms with Gasteiger partial charge >= 0.3 is 6.18 Å². The van der Waals surface area contributed by atoms with Gasteiger partial charge in [-0.05, 0) is 35.6 Å². The van der Waals surface area contributed by atoms with Crippen LogP contribution in [-0.4, -0.2) is 4.92 Å². The molecule has 0 aliphatic rings. The van der Waals surface area contributed by atoms with Crippen LogP contribution in [0.15, 0.2) is 12.1 Å². The van der Waals surface area contributed by atoms with E-state index >= 15 is 0 Å². The summed E-state index contributed by atoms with van der Waals surface area (Å²) in [7, 11) is 0. The fraction of sp³-hybridized carbons (Fsp3) is 0.250. The Labute approximate surface area is 96.6 Å². The predicted molar refractivity (Wildman–Crippen MR) is 55.6 cm³/mol. The number of aryl methyl sites for hydroxylation is 1. The standard InChI is InChI=1S/C8H5F3INO2/c1-4-2-3-5(12)6(8(9,10)11)7(4)13(14)15/h2-3H,1H3. The number of hydrogen-bond donors (Lipinski definition) is 0. The third-order valence-corrected chi connectivity index (χ3v) is 2.69. The molecule has 0 heterocycles. The zero-order valence-corrected chi connectivity index (χ0v) is 9.59. The average molecular weight is 331 g/mol. The van der Waals surface area contributed by atoms with E-state index in [1.54, 1.807) is 0 Å². The average Bonchev–Trinajstić information content (AvgIpc) is 2.05. The highest BCUT2D eigenvalue weighted by Gasteiger charge is 2.41. The molecule has 0 N–H and O–H groups in total. The van der Waals surface area contributed by atoms with Gasteiger partial charge in [0.15, 0.2) is 0 Å². The molecule has 15 heavy (non-hydrogen) atoms. The summed E-state index contributed by atoms with van der Waals surface area (Å²) >= 11 is 1.44. The summed E-state index contributed by atoms with van der Waals surface area (Å²) in [4.78, 5) is 9.54. The van der Waals surface area contributed by atoms with Gasteiger partial charge in [0.05, 0.1) is 4.92 Å². The molecule has 0 spiro atoms. The largest absolute Gasteiger partial charge is 0.424 e. The molecular formula is C8H5F3INO2. The molecule has 1 aromatic carbocycles. The van der Waals surface area contributed by atoms with Crippen LogP contribution in [0.25, 0.3) is 0 Å². The SMILES string of the molecule is Cc1ccc(I)c(C(F)(F)F)c1[N+](=O)[O-]. The van der Waals surface area contributed by atoms with Gasteiger partial charge in [-0.25, -0.2) is 0 Å². The lowest BCUT2D eigenvalue weighted by Gasteiger charge is -2.10. The quantitative estimate of drug-likeness (QED) is 0.449. The molecule has 0 unspecified atom stereocenters. The molecule has 0 bridgehead atoms. The van der Waals surface area contributed by atoms with Crippen molar-refractivity contribution in [3.05, 3.63) is 36.9 Å². The Hall–Kier alpha value is -0.860. The molecule has 0 aromatic heterocycles. The highest BCUT2D eigenvalue weighted by Crippen LogP contribution is 2.40. The summed E-state index contributed by atoms with van der Waals surface area (Å²) in [6.07, 6.45) is -4.70.